The van der Waals surface area contributed by atoms with Gasteiger partial charge in [-0.25, -0.2) is 0 Å². The van der Waals surface area contributed by atoms with E-state index in [1.54, 1.807) is 0 Å². The molecule has 13 heavy (non-hydrogen) atoms. The van der Waals surface area contributed by atoms with Crippen LogP contribution in [-0.4, -0.2) is 30.1 Å². The summed E-state index contributed by atoms with van der Waals surface area (Å²) in [7, 11) is 0. The van der Waals surface area contributed by atoms with Crippen molar-refractivity contribution in [2.24, 2.45) is 5.41 Å². The van der Waals surface area contributed by atoms with Crippen LogP contribution in [0.25, 0.3) is 5.73 Å². The van der Waals surface area contributed by atoms with Gasteiger partial charge in [0, 0.05) is 12.6 Å². The van der Waals surface area contributed by atoms with Crippen molar-refractivity contribution in [3.8, 4) is 0 Å². The van der Waals surface area contributed by atoms with Gasteiger partial charge in [0.05, 0.1) is 0 Å². The Balaban J connectivity index is 0.000000845. The monoisotopic (exact) mass is 206 g/mol. The Labute approximate surface area is 124 Å². The zero-order valence-electron chi connectivity index (χ0n) is 9.14. The van der Waals surface area contributed by atoms with Crippen LogP contribution in [0.1, 0.15) is 33.1 Å². The topological polar surface area (TPSA) is 27.0 Å². The maximum absolute atomic E-state index is 7.86. The van der Waals surface area contributed by atoms with Gasteiger partial charge in [-0.05, 0) is 38.6 Å². The average Bonchev–Trinajstić information content (AvgIpc) is 2.48. The summed E-state index contributed by atoms with van der Waals surface area (Å²) in [6.45, 7) is 6.94. The quantitative estimate of drug-likeness (QED) is 0.522. The molecular weight excluding hydrogens is 187 g/mol. The SMILES string of the molecule is CC(C)N1CCC2(CCC2[NH-])C1.[K+]. The van der Waals surface area contributed by atoms with Gasteiger partial charge < -0.3 is 10.6 Å². The van der Waals surface area contributed by atoms with Crippen LogP contribution in [0.2, 0.25) is 0 Å². The molecule has 3 heteroatoms. The third kappa shape index (κ3) is 2.22. The van der Waals surface area contributed by atoms with Gasteiger partial charge in [0.1, 0.15) is 0 Å². The fourth-order valence-corrected chi connectivity index (χ4v) is 2.56. The number of likely N-dealkylation sites (tertiary alicyclic amines) is 1. The largest absolute Gasteiger partial charge is 1.00 e. The molecular formula is C10H19KN2. The summed E-state index contributed by atoms with van der Waals surface area (Å²) < 4.78 is 0. The molecule has 2 fully saturated rings. The molecule has 1 N–H and O–H groups in total. The summed E-state index contributed by atoms with van der Waals surface area (Å²) in [6, 6.07) is 0.929. The van der Waals surface area contributed by atoms with E-state index in [0.29, 0.717) is 11.5 Å². The van der Waals surface area contributed by atoms with Crippen LogP contribution in [0.15, 0.2) is 0 Å². The van der Waals surface area contributed by atoms with Crippen LogP contribution in [-0.2, 0) is 0 Å². The number of nitrogens with zero attached hydrogens (tertiary/aromatic N) is 1. The fourth-order valence-electron chi connectivity index (χ4n) is 2.56. The molecule has 0 aromatic carbocycles. The van der Waals surface area contributed by atoms with E-state index in [9.17, 15) is 0 Å². The third-order valence-corrected chi connectivity index (χ3v) is 3.82. The predicted molar refractivity (Wildman–Crippen MR) is 51.1 cm³/mol. The van der Waals surface area contributed by atoms with Gasteiger partial charge in [-0.3, -0.25) is 0 Å². The molecule has 2 atom stereocenters. The van der Waals surface area contributed by atoms with Crippen molar-refractivity contribution in [2.45, 2.75) is 45.2 Å². The first kappa shape index (κ1) is 12.6. The van der Waals surface area contributed by atoms with Gasteiger partial charge >= 0.3 is 51.4 Å². The zero-order chi connectivity index (χ0) is 8.77. The van der Waals surface area contributed by atoms with Gasteiger partial charge in [0.25, 0.3) is 0 Å². The molecule has 2 aliphatic rings. The van der Waals surface area contributed by atoms with E-state index in [2.05, 4.69) is 18.7 Å². The molecule has 0 aromatic heterocycles. The molecule has 2 rings (SSSR count). The minimum Gasteiger partial charge on any atom is -0.674 e. The van der Waals surface area contributed by atoms with E-state index in [1.807, 2.05) is 0 Å². The second-order valence-corrected chi connectivity index (χ2v) is 4.77. The Kier molecular flexibility index (Phi) is 4.47. The Bertz CT molecular complexity index is 184. The van der Waals surface area contributed by atoms with Crippen molar-refractivity contribution in [1.82, 2.24) is 4.90 Å². The van der Waals surface area contributed by atoms with E-state index >= 15 is 0 Å². The standard InChI is InChI=1S/C10H19N2.K/c1-8(2)12-6-5-10(7-12)4-3-9(10)11;/h8-9,11H,3-7H2,1-2H3;/q-1;+1. The summed E-state index contributed by atoms with van der Waals surface area (Å²) in [5, 5.41) is 0. The number of rotatable bonds is 1. The second-order valence-electron chi connectivity index (χ2n) is 4.77. The summed E-state index contributed by atoms with van der Waals surface area (Å²) in [4.78, 5) is 2.53. The van der Waals surface area contributed by atoms with Gasteiger partial charge in [-0.15, -0.1) is 6.04 Å². The molecule has 1 heterocycles. The molecule has 1 aliphatic heterocycles. The molecule has 2 unspecified atom stereocenters. The van der Waals surface area contributed by atoms with Crippen LogP contribution in [0.3, 0.4) is 0 Å². The third-order valence-electron chi connectivity index (χ3n) is 3.82. The molecule has 1 saturated heterocycles. The number of nitrogens with one attached hydrogen (secondary N) is 1. The molecule has 1 saturated carbocycles. The summed E-state index contributed by atoms with van der Waals surface area (Å²) in [5.74, 6) is 0. The molecule has 2 nitrogen and oxygen atoms in total. The summed E-state index contributed by atoms with van der Waals surface area (Å²) in [5.41, 5.74) is 8.28. The second kappa shape index (κ2) is 4.60. The van der Waals surface area contributed by atoms with E-state index < -0.39 is 0 Å². The first-order valence-electron chi connectivity index (χ1n) is 5.09. The first-order valence-corrected chi connectivity index (χ1v) is 5.09. The van der Waals surface area contributed by atoms with Gasteiger partial charge in [-0.1, -0.05) is 6.42 Å². The molecule has 0 bridgehead atoms. The van der Waals surface area contributed by atoms with Crippen molar-refractivity contribution in [3.63, 3.8) is 0 Å². The van der Waals surface area contributed by atoms with Crippen LogP contribution in [0, 0.1) is 5.41 Å². The van der Waals surface area contributed by atoms with Crippen LogP contribution in [0.5, 0.6) is 0 Å². The molecule has 1 spiro atoms. The first-order chi connectivity index (χ1) is 5.64. The van der Waals surface area contributed by atoms with Crippen molar-refractivity contribution in [3.05, 3.63) is 5.73 Å². The van der Waals surface area contributed by atoms with E-state index in [4.69, 9.17) is 5.73 Å². The maximum atomic E-state index is 7.86. The molecule has 0 amide bonds. The smallest absolute Gasteiger partial charge is 0.674 e. The molecule has 70 valence electrons. The van der Waals surface area contributed by atoms with E-state index in [0.717, 1.165) is 6.42 Å². The Morgan fingerprint density at radius 2 is 2.08 bits per heavy atom. The van der Waals surface area contributed by atoms with Crippen molar-refractivity contribution in [1.29, 1.82) is 0 Å². The average molecular weight is 206 g/mol. The Hall–Kier alpha value is 1.56. The van der Waals surface area contributed by atoms with Crippen LogP contribution >= 0.6 is 0 Å². The van der Waals surface area contributed by atoms with Crippen LogP contribution < -0.4 is 51.4 Å². The van der Waals surface area contributed by atoms with Crippen molar-refractivity contribution < 1.29 is 51.4 Å². The number of hydrogen-bond acceptors (Lipinski definition) is 1. The molecule has 0 radical (unpaired) electrons. The summed E-state index contributed by atoms with van der Waals surface area (Å²) in [6.07, 6.45) is 3.73. The molecule has 0 aromatic rings. The Morgan fingerprint density at radius 1 is 1.38 bits per heavy atom. The van der Waals surface area contributed by atoms with Gasteiger partial charge in [0.2, 0.25) is 0 Å². The van der Waals surface area contributed by atoms with E-state index in [-0.39, 0.29) is 57.4 Å². The maximum Gasteiger partial charge on any atom is 1.00 e. The zero-order valence-corrected chi connectivity index (χ0v) is 12.3. The van der Waals surface area contributed by atoms with E-state index in [1.165, 1.54) is 25.9 Å². The fraction of sp³-hybridized carbons (Fsp3) is 1.00. The minimum absolute atomic E-state index is 0. The predicted octanol–water partition coefficient (Wildman–Crippen LogP) is -0.694. The van der Waals surface area contributed by atoms with Crippen LogP contribution in [0.4, 0.5) is 0 Å². The van der Waals surface area contributed by atoms with Gasteiger partial charge in [0.15, 0.2) is 0 Å². The summed E-state index contributed by atoms with van der Waals surface area (Å²) >= 11 is 0. The minimum atomic E-state index is 0. The van der Waals surface area contributed by atoms with Crippen molar-refractivity contribution in [2.75, 3.05) is 13.1 Å². The number of hydrogen-bond donors (Lipinski definition) is 0. The van der Waals surface area contributed by atoms with Gasteiger partial charge in [-0.2, -0.15) is 0 Å². The Morgan fingerprint density at radius 3 is 2.31 bits per heavy atom. The normalized spacial score (nSPS) is 39.2. The van der Waals surface area contributed by atoms with Crippen molar-refractivity contribution >= 4 is 0 Å². The molecule has 1 aliphatic carbocycles.